The van der Waals surface area contributed by atoms with Gasteiger partial charge in [0.1, 0.15) is 16.8 Å². The molecular weight excluding hydrogens is 474 g/mol. The minimum absolute atomic E-state index is 0.163. The number of pyridine rings is 1. The molecule has 3 fully saturated rings. The molecule has 2 aromatic rings. The van der Waals surface area contributed by atoms with Gasteiger partial charge in [0.05, 0.1) is 25.2 Å². The van der Waals surface area contributed by atoms with Crippen molar-refractivity contribution in [2.24, 2.45) is 23.2 Å². The van der Waals surface area contributed by atoms with Gasteiger partial charge >= 0.3 is 0 Å². The third-order valence-corrected chi connectivity index (χ3v) is 8.31. The first kappa shape index (κ1) is 22.8. The molecule has 0 radical (unpaired) electrons. The van der Waals surface area contributed by atoms with Gasteiger partial charge in [0.2, 0.25) is 5.91 Å². The van der Waals surface area contributed by atoms with Gasteiger partial charge < -0.3 is 15.4 Å². The van der Waals surface area contributed by atoms with Crippen LogP contribution in [0.3, 0.4) is 0 Å². The quantitative estimate of drug-likeness (QED) is 0.601. The van der Waals surface area contributed by atoms with Crippen LogP contribution in [0.2, 0.25) is 0 Å². The zero-order valence-electron chi connectivity index (χ0n) is 18.9. The number of hydrogen-bond acceptors (Lipinski definition) is 6. The van der Waals surface area contributed by atoms with Gasteiger partial charge in [-0.3, -0.25) is 14.6 Å². The molecule has 9 heteroatoms. The van der Waals surface area contributed by atoms with Crippen LogP contribution in [0.4, 0.5) is 5.69 Å². The summed E-state index contributed by atoms with van der Waals surface area (Å²) >= 11 is 3.42. The Morgan fingerprint density at radius 3 is 2.81 bits per heavy atom. The topological polar surface area (TPSA) is 98.1 Å². The molecule has 8 nitrogen and oxygen atoms in total. The molecule has 0 saturated heterocycles. The number of fused-ring (bicyclic) bond motifs is 2. The van der Waals surface area contributed by atoms with Crippen LogP contribution in [0.5, 0.6) is 5.75 Å². The van der Waals surface area contributed by atoms with E-state index in [0.717, 1.165) is 17.9 Å². The average Bonchev–Trinajstić information content (AvgIpc) is 2.78. The number of aromatic nitrogens is 3. The molecule has 0 aromatic carbocycles. The molecule has 3 aliphatic rings. The molecule has 32 heavy (non-hydrogen) atoms. The van der Waals surface area contributed by atoms with Gasteiger partial charge in [0, 0.05) is 24.3 Å². The van der Waals surface area contributed by atoms with E-state index < -0.39 is 0 Å². The number of amides is 1. The molecule has 4 atom stereocenters. The molecule has 172 valence electrons. The Morgan fingerprint density at radius 1 is 1.34 bits per heavy atom. The molecular formula is C23H30BrN5O3. The largest absolute Gasteiger partial charge is 0.495 e. The standard InChI is InChI=1S/C23H30BrN5O3/c1-13-16-7-15(23(16,2)3)8-17(13)28-18-10-27-29(22(31)21(18)24)12-20(30)26-9-14-5-6-25-11-19(14)32-4/h5-6,10-11,13,15-17,28H,7-9,12H2,1-4H3,(H,26,30)/t13-,15+,16-,17-/m1/s1. The monoisotopic (exact) mass is 503 g/mol. The lowest BCUT2D eigenvalue weighted by Crippen LogP contribution is -2.58. The first-order chi connectivity index (χ1) is 15.2. The summed E-state index contributed by atoms with van der Waals surface area (Å²) in [4.78, 5) is 29.2. The Labute approximate surface area is 196 Å². The minimum Gasteiger partial charge on any atom is -0.495 e. The second kappa shape index (κ2) is 8.84. The van der Waals surface area contributed by atoms with E-state index in [-0.39, 0.29) is 24.6 Å². The summed E-state index contributed by atoms with van der Waals surface area (Å²) in [6.45, 7) is 7.14. The lowest BCUT2D eigenvalue weighted by molar-refractivity contribution is -0.122. The molecule has 3 saturated carbocycles. The number of nitrogens with zero attached hydrogens (tertiary/aromatic N) is 3. The van der Waals surface area contributed by atoms with Crippen molar-refractivity contribution in [2.45, 2.75) is 52.7 Å². The molecule has 5 rings (SSSR count). The van der Waals surface area contributed by atoms with Gasteiger partial charge in [0.15, 0.2) is 0 Å². The number of methoxy groups -OCH3 is 1. The summed E-state index contributed by atoms with van der Waals surface area (Å²) in [6.07, 6.45) is 7.25. The molecule has 0 unspecified atom stereocenters. The summed E-state index contributed by atoms with van der Waals surface area (Å²) in [7, 11) is 1.55. The van der Waals surface area contributed by atoms with Crippen LogP contribution in [0.25, 0.3) is 0 Å². The van der Waals surface area contributed by atoms with E-state index in [1.54, 1.807) is 31.8 Å². The Morgan fingerprint density at radius 2 is 2.12 bits per heavy atom. The molecule has 2 N–H and O–H groups in total. The SMILES string of the molecule is COc1cnccc1CNC(=O)Cn1ncc(N[C@@H]2C[C@@H]3C[C@H]([C@H]2C)C3(C)C)c(Br)c1=O. The molecule has 1 amide bonds. The summed E-state index contributed by atoms with van der Waals surface area (Å²) < 4.78 is 6.81. The second-order valence-corrected chi connectivity index (χ2v) is 10.3. The van der Waals surface area contributed by atoms with E-state index in [2.05, 4.69) is 57.4 Å². The number of carbonyl (C=O) groups excluding carboxylic acids is 1. The molecule has 2 bridgehead atoms. The highest BCUT2D eigenvalue weighted by atomic mass is 79.9. The van der Waals surface area contributed by atoms with Crippen molar-refractivity contribution in [3.63, 3.8) is 0 Å². The van der Waals surface area contributed by atoms with Crippen molar-refractivity contribution in [2.75, 3.05) is 12.4 Å². The van der Waals surface area contributed by atoms with Crippen LogP contribution in [0.1, 0.15) is 39.2 Å². The molecule has 0 spiro atoms. The summed E-state index contributed by atoms with van der Waals surface area (Å²) in [5, 5.41) is 10.6. The Balaban J connectivity index is 1.39. The highest BCUT2D eigenvalue weighted by Crippen LogP contribution is 2.61. The molecule has 2 aromatic heterocycles. The average molecular weight is 504 g/mol. The van der Waals surface area contributed by atoms with E-state index in [9.17, 15) is 9.59 Å². The third-order valence-electron chi connectivity index (χ3n) is 7.54. The van der Waals surface area contributed by atoms with Gasteiger partial charge in [0.25, 0.3) is 5.56 Å². The number of ether oxygens (including phenoxy) is 1. The van der Waals surface area contributed by atoms with Gasteiger partial charge in [-0.25, -0.2) is 4.68 Å². The minimum atomic E-state index is -0.333. The number of halogens is 1. The van der Waals surface area contributed by atoms with Crippen molar-refractivity contribution in [1.29, 1.82) is 0 Å². The van der Waals surface area contributed by atoms with Crippen molar-refractivity contribution >= 4 is 27.5 Å². The summed E-state index contributed by atoms with van der Waals surface area (Å²) in [6, 6.07) is 2.09. The van der Waals surface area contributed by atoms with Crippen LogP contribution < -0.4 is 20.9 Å². The number of carbonyl (C=O) groups is 1. The fourth-order valence-corrected chi connectivity index (χ4v) is 5.76. The maximum Gasteiger partial charge on any atom is 0.283 e. The fraction of sp³-hybridized carbons (Fsp3) is 0.565. The first-order valence-corrected chi connectivity index (χ1v) is 11.8. The predicted octanol–water partition coefficient (Wildman–Crippen LogP) is 3.21. The molecule has 2 heterocycles. The van der Waals surface area contributed by atoms with Crippen LogP contribution in [0, 0.1) is 23.2 Å². The van der Waals surface area contributed by atoms with E-state index >= 15 is 0 Å². The van der Waals surface area contributed by atoms with Crippen molar-refractivity contribution in [3.05, 3.63) is 45.0 Å². The number of rotatable bonds is 7. The van der Waals surface area contributed by atoms with Crippen LogP contribution >= 0.6 is 15.9 Å². The Kier molecular flexibility index (Phi) is 6.29. The lowest BCUT2D eigenvalue weighted by Gasteiger charge is -2.62. The second-order valence-electron chi connectivity index (χ2n) is 9.51. The number of hydrogen-bond donors (Lipinski definition) is 2. The van der Waals surface area contributed by atoms with Crippen molar-refractivity contribution < 1.29 is 9.53 Å². The zero-order valence-corrected chi connectivity index (χ0v) is 20.5. The number of nitrogens with one attached hydrogen (secondary N) is 2. The fourth-order valence-electron chi connectivity index (χ4n) is 5.34. The summed E-state index contributed by atoms with van der Waals surface area (Å²) in [5.41, 5.74) is 1.56. The van der Waals surface area contributed by atoms with E-state index in [1.165, 1.54) is 11.1 Å². The predicted molar refractivity (Wildman–Crippen MR) is 125 cm³/mol. The van der Waals surface area contributed by atoms with Crippen LogP contribution in [0.15, 0.2) is 33.9 Å². The number of anilines is 1. The van der Waals surface area contributed by atoms with E-state index in [1.807, 2.05) is 0 Å². The van der Waals surface area contributed by atoms with Gasteiger partial charge in [-0.05, 0) is 58.0 Å². The van der Waals surface area contributed by atoms with E-state index in [4.69, 9.17) is 4.74 Å². The normalized spacial score (nSPS) is 25.5. The zero-order chi connectivity index (χ0) is 23.0. The smallest absolute Gasteiger partial charge is 0.283 e. The highest BCUT2D eigenvalue weighted by molar-refractivity contribution is 9.10. The molecule has 3 aliphatic carbocycles. The van der Waals surface area contributed by atoms with Crippen molar-refractivity contribution in [1.82, 2.24) is 20.1 Å². The van der Waals surface area contributed by atoms with E-state index in [0.29, 0.717) is 39.2 Å². The third kappa shape index (κ3) is 4.14. The summed E-state index contributed by atoms with van der Waals surface area (Å²) in [5.74, 6) is 2.23. The van der Waals surface area contributed by atoms with Crippen molar-refractivity contribution in [3.8, 4) is 5.75 Å². The lowest BCUT2D eigenvalue weighted by atomic mass is 9.45. The Bertz CT molecular complexity index is 1070. The van der Waals surface area contributed by atoms with Gasteiger partial charge in [-0.1, -0.05) is 20.8 Å². The van der Waals surface area contributed by atoms with Gasteiger partial charge in [-0.15, -0.1) is 0 Å². The molecule has 0 aliphatic heterocycles. The van der Waals surface area contributed by atoms with Crippen LogP contribution in [-0.4, -0.2) is 33.8 Å². The van der Waals surface area contributed by atoms with Gasteiger partial charge in [-0.2, -0.15) is 5.10 Å². The highest BCUT2D eigenvalue weighted by Gasteiger charge is 2.56. The first-order valence-electron chi connectivity index (χ1n) is 11.0. The Hall–Kier alpha value is -2.42. The maximum absolute atomic E-state index is 12.8. The van der Waals surface area contributed by atoms with Crippen LogP contribution in [-0.2, 0) is 17.9 Å². The maximum atomic E-state index is 12.8.